The van der Waals surface area contributed by atoms with E-state index in [0.29, 0.717) is 12.8 Å². The van der Waals surface area contributed by atoms with Crippen LogP contribution in [0.4, 0.5) is 0 Å². The molecule has 0 radical (unpaired) electrons. The van der Waals surface area contributed by atoms with Gasteiger partial charge in [0.2, 0.25) is 5.91 Å². The van der Waals surface area contributed by atoms with Crippen molar-refractivity contribution in [2.45, 2.75) is 45.1 Å². The van der Waals surface area contributed by atoms with Crippen LogP contribution < -0.4 is 5.32 Å². The first-order valence-electron chi connectivity index (χ1n) is 5.22. The van der Waals surface area contributed by atoms with E-state index in [9.17, 15) is 9.59 Å². The second kappa shape index (κ2) is 8.23. The summed E-state index contributed by atoms with van der Waals surface area (Å²) in [4.78, 5) is 21.5. The fourth-order valence-corrected chi connectivity index (χ4v) is 1.23. The van der Waals surface area contributed by atoms with E-state index in [1.54, 1.807) is 0 Å². The Bertz CT molecular complexity index is 206. The summed E-state index contributed by atoms with van der Waals surface area (Å²) < 4.78 is 0. The second-order valence-electron chi connectivity index (χ2n) is 3.43. The number of carbonyl (C=O) groups excluding carboxylic acids is 1. The maximum atomic E-state index is 11.3. The summed E-state index contributed by atoms with van der Waals surface area (Å²) in [6.45, 7) is 1.98. The van der Waals surface area contributed by atoms with Gasteiger partial charge < -0.3 is 15.5 Å². The van der Waals surface area contributed by atoms with Crippen LogP contribution in [0.3, 0.4) is 0 Å². The van der Waals surface area contributed by atoms with Gasteiger partial charge in [-0.2, -0.15) is 0 Å². The molecule has 1 unspecified atom stereocenters. The average molecular weight is 217 g/mol. The lowest BCUT2D eigenvalue weighted by Gasteiger charge is -2.15. The molecule has 0 saturated heterocycles. The molecule has 1 atom stereocenters. The van der Waals surface area contributed by atoms with E-state index >= 15 is 0 Å². The molecule has 0 fully saturated rings. The SMILES string of the molecule is CCC(CCO)NC(=O)CCCC(=O)O. The Kier molecular flexibility index (Phi) is 7.62. The number of hydrogen-bond donors (Lipinski definition) is 3. The first-order valence-corrected chi connectivity index (χ1v) is 5.22. The van der Waals surface area contributed by atoms with Crippen molar-refractivity contribution in [2.24, 2.45) is 0 Å². The number of aliphatic hydroxyl groups is 1. The number of amides is 1. The molecule has 0 bridgehead atoms. The fraction of sp³-hybridized carbons (Fsp3) is 0.800. The van der Waals surface area contributed by atoms with Gasteiger partial charge in [0.05, 0.1) is 0 Å². The first kappa shape index (κ1) is 13.9. The second-order valence-corrected chi connectivity index (χ2v) is 3.43. The summed E-state index contributed by atoms with van der Waals surface area (Å²) in [7, 11) is 0. The van der Waals surface area contributed by atoms with Crippen LogP contribution in [0.25, 0.3) is 0 Å². The third kappa shape index (κ3) is 7.93. The maximum absolute atomic E-state index is 11.3. The highest BCUT2D eigenvalue weighted by Gasteiger charge is 2.09. The molecule has 0 aromatic carbocycles. The van der Waals surface area contributed by atoms with Gasteiger partial charge in [-0.3, -0.25) is 9.59 Å². The average Bonchev–Trinajstić information content (AvgIpc) is 2.16. The summed E-state index contributed by atoms with van der Waals surface area (Å²) in [5.74, 6) is -1.03. The minimum atomic E-state index is -0.884. The van der Waals surface area contributed by atoms with Crippen LogP contribution in [0.1, 0.15) is 39.0 Å². The minimum absolute atomic E-state index is 0.00710. The highest BCUT2D eigenvalue weighted by Crippen LogP contribution is 2.00. The van der Waals surface area contributed by atoms with Gasteiger partial charge in [0, 0.05) is 25.5 Å². The highest BCUT2D eigenvalue weighted by atomic mass is 16.4. The predicted molar refractivity (Wildman–Crippen MR) is 55.4 cm³/mol. The molecule has 0 aromatic heterocycles. The van der Waals surface area contributed by atoms with Crippen LogP contribution in [-0.4, -0.2) is 34.7 Å². The summed E-state index contributed by atoms with van der Waals surface area (Å²) in [5, 5.41) is 19.8. The number of carbonyl (C=O) groups is 2. The van der Waals surface area contributed by atoms with Gasteiger partial charge >= 0.3 is 5.97 Å². The lowest BCUT2D eigenvalue weighted by molar-refractivity contribution is -0.137. The van der Waals surface area contributed by atoms with Crippen molar-refractivity contribution in [1.29, 1.82) is 0 Å². The summed E-state index contributed by atoms with van der Waals surface area (Å²) >= 11 is 0. The van der Waals surface area contributed by atoms with E-state index < -0.39 is 5.97 Å². The number of aliphatic hydroxyl groups excluding tert-OH is 1. The van der Waals surface area contributed by atoms with Crippen LogP contribution in [-0.2, 0) is 9.59 Å². The molecule has 5 nitrogen and oxygen atoms in total. The Morgan fingerprint density at radius 1 is 1.33 bits per heavy atom. The molecule has 88 valence electrons. The zero-order valence-corrected chi connectivity index (χ0v) is 9.03. The van der Waals surface area contributed by atoms with E-state index in [4.69, 9.17) is 10.2 Å². The smallest absolute Gasteiger partial charge is 0.303 e. The molecule has 0 aromatic rings. The standard InChI is InChI=1S/C10H19NO4/c1-2-8(6-7-12)11-9(13)4-3-5-10(14)15/h8,12H,2-7H2,1H3,(H,11,13)(H,14,15). The van der Waals surface area contributed by atoms with Crippen LogP contribution >= 0.6 is 0 Å². The third-order valence-electron chi connectivity index (χ3n) is 2.13. The zero-order valence-electron chi connectivity index (χ0n) is 9.03. The van der Waals surface area contributed by atoms with E-state index in [1.807, 2.05) is 6.92 Å². The summed E-state index contributed by atoms with van der Waals surface area (Å²) in [6.07, 6.45) is 1.92. The Labute approximate surface area is 89.5 Å². The number of carboxylic acid groups (broad SMARTS) is 1. The van der Waals surface area contributed by atoms with Gasteiger partial charge in [-0.05, 0) is 19.3 Å². The van der Waals surface area contributed by atoms with Crippen molar-refractivity contribution in [3.63, 3.8) is 0 Å². The predicted octanol–water partition coefficient (Wildman–Crippen LogP) is 0.518. The molecule has 5 heteroatoms. The van der Waals surface area contributed by atoms with Crippen LogP contribution in [0, 0.1) is 0 Å². The molecular formula is C10H19NO4. The Morgan fingerprint density at radius 2 is 2.00 bits per heavy atom. The molecule has 0 saturated carbocycles. The fourth-order valence-electron chi connectivity index (χ4n) is 1.23. The summed E-state index contributed by atoms with van der Waals surface area (Å²) in [5.41, 5.74) is 0. The van der Waals surface area contributed by atoms with E-state index in [-0.39, 0.29) is 31.4 Å². The minimum Gasteiger partial charge on any atom is -0.481 e. The molecular weight excluding hydrogens is 198 g/mol. The maximum Gasteiger partial charge on any atom is 0.303 e. The molecule has 0 heterocycles. The lowest BCUT2D eigenvalue weighted by Crippen LogP contribution is -2.34. The van der Waals surface area contributed by atoms with Crippen LogP contribution in [0.15, 0.2) is 0 Å². The lowest BCUT2D eigenvalue weighted by atomic mass is 10.1. The van der Waals surface area contributed by atoms with Crippen molar-refractivity contribution in [1.82, 2.24) is 5.32 Å². The Balaban J connectivity index is 3.66. The van der Waals surface area contributed by atoms with Gasteiger partial charge in [0.15, 0.2) is 0 Å². The molecule has 1 amide bonds. The largest absolute Gasteiger partial charge is 0.481 e. The molecule has 0 rings (SSSR count). The van der Waals surface area contributed by atoms with Crippen molar-refractivity contribution in [3.05, 3.63) is 0 Å². The normalized spacial score (nSPS) is 12.1. The quantitative estimate of drug-likeness (QED) is 0.553. The van der Waals surface area contributed by atoms with Crippen molar-refractivity contribution < 1.29 is 19.8 Å². The van der Waals surface area contributed by atoms with E-state index in [1.165, 1.54) is 0 Å². The summed E-state index contributed by atoms with van der Waals surface area (Å²) in [6, 6.07) is -0.00710. The van der Waals surface area contributed by atoms with E-state index in [0.717, 1.165) is 6.42 Å². The monoisotopic (exact) mass is 217 g/mol. The van der Waals surface area contributed by atoms with Crippen LogP contribution in [0.2, 0.25) is 0 Å². The zero-order chi connectivity index (χ0) is 11.7. The highest BCUT2D eigenvalue weighted by molar-refractivity contribution is 5.77. The number of aliphatic carboxylic acids is 1. The van der Waals surface area contributed by atoms with Crippen molar-refractivity contribution >= 4 is 11.9 Å². The molecule has 0 aliphatic rings. The van der Waals surface area contributed by atoms with Gasteiger partial charge in [-0.15, -0.1) is 0 Å². The molecule has 0 aliphatic carbocycles. The van der Waals surface area contributed by atoms with E-state index in [2.05, 4.69) is 5.32 Å². The third-order valence-corrected chi connectivity index (χ3v) is 2.13. The molecule has 0 spiro atoms. The van der Waals surface area contributed by atoms with Gasteiger partial charge in [0.1, 0.15) is 0 Å². The van der Waals surface area contributed by atoms with Gasteiger partial charge in [-0.1, -0.05) is 6.92 Å². The van der Waals surface area contributed by atoms with Crippen molar-refractivity contribution in [3.8, 4) is 0 Å². The Hall–Kier alpha value is -1.10. The molecule has 15 heavy (non-hydrogen) atoms. The molecule has 0 aliphatic heterocycles. The van der Waals surface area contributed by atoms with Crippen LogP contribution in [0.5, 0.6) is 0 Å². The molecule has 3 N–H and O–H groups in total. The Morgan fingerprint density at radius 3 is 2.47 bits per heavy atom. The number of rotatable bonds is 8. The number of carboxylic acids is 1. The number of nitrogens with one attached hydrogen (secondary N) is 1. The van der Waals surface area contributed by atoms with Gasteiger partial charge in [-0.25, -0.2) is 0 Å². The topological polar surface area (TPSA) is 86.6 Å². The first-order chi connectivity index (χ1) is 7.10. The number of hydrogen-bond acceptors (Lipinski definition) is 3. The van der Waals surface area contributed by atoms with Crippen molar-refractivity contribution in [2.75, 3.05) is 6.61 Å². The van der Waals surface area contributed by atoms with Gasteiger partial charge in [0.25, 0.3) is 0 Å².